The van der Waals surface area contributed by atoms with Crippen LogP contribution in [0.2, 0.25) is 0 Å². The zero-order chi connectivity index (χ0) is 29.0. The molecule has 0 aliphatic carbocycles. The van der Waals surface area contributed by atoms with E-state index in [1.165, 1.54) is 0 Å². The van der Waals surface area contributed by atoms with Crippen molar-refractivity contribution in [2.75, 3.05) is 13.2 Å². The lowest BCUT2D eigenvalue weighted by Gasteiger charge is -2.13. The van der Waals surface area contributed by atoms with Crippen LogP contribution in [0.15, 0.2) is 97.1 Å². The third kappa shape index (κ3) is 7.89. The molecule has 0 N–H and O–H groups in total. The molecular weight excluding hydrogens is 512 g/mol. The summed E-state index contributed by atoms with van der Waals surface area (Å²) in [5, 5.41) is 0. The Morgan fingerprint density at radius 3 is 1.66 bits per heavy atom. The van der Waals surface area contributed by atoms with E-state index in [2.05, 4.69) is 0 Å². The average Bonchev–Trinajstić information content (AvgIpc) is 2.99. The third-order valence-corrected chi connectivity index (χ3v) is 6.21. The van der Waals surface area contributed by atoms with Crippen LogP contribution in [0.1, 0.15) is 60.3 Å². The van der Waals surface area contributed by atoms with E-state index in [0.717, 1.165) is 16.7 Å². The summed E-state index contributed by atoms with van der Waals surface area (Å²) in [7, 11) is 0. The predicted octanol–water partition coefficient (Wildman–Crippen LogP) is 9.15. The van der Waals surface area contributed by atoms with Gasteiger partial charge in [0.2, 0.25) is 0 Å². The highest BCUT2D eigenvalue weighted by atomic mass is 16.5. The Balaban J connectivity index is 1.42. The van der Waals surface area contributed by atoms with Crippen LogP contribution >= 0.6 is 0 Å². The van der Waals surface area contributed by atoms with E-state index < -0.39 is 0 Å². The zero-order valence-electron chi connectivity index (χ0n) is 24.1. The number of carbonyl (C=O) groups excluding carboxylic acids is 1. The summed E-state index contributed by atoms with van der Waals surface area (Å²) in [5.74, 6) is 3.25. The topological polar surface area (TPSA) is 54.0 Å². The Hall–Kier alpha value is -4.77. The van der Waals surface area contributed by atoms with Gasteiger partial charge in [-0.2, -0.15) is 0 Å². The predicted molar refractivity (Wildman–Crippen MR) is 165 cm³/mol. The van der Waals surface area contributed by atoms with Gasteiger partial charge in [0, 0.05) is 11.1 Å². The van der Waals surface area contributed by atoms with Gasteiger partial charge in [-0.15, -0.1) is 0 Å². The van der Waals surface area contributed by atoms with Crippen LogP contribution in [0, 0.1) is 0 Å². The molecule has 0 spiro atoms. The first-order valence-electron chi connectivity index (χ1n) is 13.9. The van der Waals surface area contributed by atoms with Crippen LogP contribution in [-0.2, 0) is 6.61 Å². The molecule has 4 aromatic rings. The Morgan fingerprint density at radius 1 is 0.610 bits per heavy atom. The van der Waals surface area contributed by atoms with E-state index in [1.807, 2.05) is 113 Å². The van der Waals surface area contributed by atoms with E-state index in [4.69, 9.17) is 18.9 Å². The van der Waals surface area contributed by atoms with Crippen molar-refractivity contribution in [3.63, 3.8) is 0 Å². The van der Waals surface area contributed by atoms with Gasteiger partial charge >= 0.3 is 0 Å². The summed E-state index contributed by atoms with van der Waals surface area (Å²) in [6, 6.07) is 26.3. The number of carbonyl (C=O) groups is 1. The molecule has 0 aliphatic rings. The van der Waals surface area contributed by atoms with Crippen LogP contribution in [0.25, 0.3) is 12.2 Å². The summed E-state index contributed by atoms with van der Waals surface area (Å²) in [5.41, 5.74) is 4.19. The molecule has 0 radical (unpaired) electrons. The van der Waals surface area contributed by atoms with Crippen molar-refractivity contribution < 1.29 is 23.7 Å². The Morgan fingerprint density at radius 2 is 1.12 bits per heavy atom. The largest absolute Gasteiger partial charge is 0.490 e. The quantitative estimate of drug-likeness (QED) is 0.156. The maximum atomic E-state index is 13.2. The van der Waals surface area contributed by atoms with Gasteiger partial charge in [-0.25, -0.2) is 0 Å². The van der Waals surface area contributed by atoms with Gasteiger partial charge in [0.15, 0.2) is 28.8 Å². The fraction of sp³-hybridized carbons (Fsp3) is 0.194. The van der Waals surface area contributed by atoms with Crippen molar-refractivity contribution in [1.82, 2.24) is 0 Å². The molecule has 0 amide bonds. The fourth-order valence-electron chi connectivity index (χ4n) is 4.27. The van der Waals surface area contributed by atoms with Crippen molar-refractivity contribution in [3.8, 4) is 28.7 Å². The minimum Gasteiger partial charge on any atom is -0.490 e. The Labute approximate surface area is 242 Å². The summed E-state index contributed by atoms with van der Waals surface area (Å²) >= 11 is 0. The molecule has 0 saturated heterocycles. The number of rotatable bonds is 13. The molecule has 210 valence electrons. The van der Waals surface area contributed by atoms with Crippen molar-refractivity contribution in [2.24, 2.45) is 0 Å². The molecule has 0 aliphatic heterocycles. The molecule has 41 heavy (non-hydrogen) atoms. The second kappa shape index (κ2) is 14.6. The summed E-state index contributed by atoms with van der Waals surface area (Å²) in [6.45, 7) is 9.29. The maximum absolute atomic E-state index is 13.2. The van der Waals surface area contributed by atoms with E-state index in [9.17, 15) is 4.79 Å². The van der Waals surface area contributed by atoms with Crippen molar-refractivity contribution >= 4 is 17.9 Å². The lowest BCUT2D eigenvalue weighted by molar-refractivity contribution is 0.103. The summed E-state index contributed by atoms with van der Waals surface area (Å²) < 4.78 is 23.6. The number of ether oxygens (including phenoxy) is 4. The number of hydrogen-bond donors (Lipinski definition) is 0. The van der Waals surface area contributed by atoms with Crippen LogP contribution in [0.4, 0.5) is 0 Å². The van der Waals surface area contributed by atoms with Crippen LogP contribution in [-0.4, -0.2) is 19.0 Å². The molecule has 5 nitrogen and oxygen atoms in total. The van der Waals surface area contributed by atoms with Gasteiger partial charge in [0.25, 0.3) is 0 Å². The van der Waals surface area contributed by atoms with Gasteiger partial charge in [0.1, 0.15) is 12.4 Å². The first-order valence-corrected chi connectivity index (χ1v) is 13.9. The van der Waals surface area contributed by atoms with E-state index in [-0.39, 0.29) is 5.78 Å². The zero-order valence-corrected chi connectivity index (χ0v) is 24.1. The standard InChI is InChI=1S/C36H36O5/c1-5-9-26-13-21-32(38-7-3)34(23-26)40-25-28-11-15-29(16-12-28)36(37)30-17-19-31(20-18-30)41-35-24-27(10-6-2)14-22-33(35)39-8-4/h5-6,9-24H,7-8,25H2,1-4H3/b9-5+,10-6+. The summed E-state index contributed by atoms with van der Waals surface area (Å²) in [6.07, 6.45) is 7.98. The second-order valence-electron chi connectivity index (χ2n) is 9.22. The van der Waals surface area contributed by atoms with E-state index >= 15 is 0 Å². The molecule has 4 aromatic carbocycles. The van der Waals surface area contributed by atoms with Gasteiger partial charge in [0.05, 0.1) is 13.2 Å². The minimum absolute atomic E-state index is 0.0632. The molecule has 0 aromatic heterocycles. The van der Waals surface area contributed by atoms with Gasteiger partial charge in [-0.3, -0.25) is 4.79 Å². The number of benzene rings is 4. The highest BCUT2D eigenvalue weighted by Gasteiger charge is 2.12. The van der Waals surface area contributed by atoms with E-state index in [1.54, 1.807) is 24.3 Å². The first kappa shape index (κ1) is 29.2. The lowest BCUT2D eigenvalue weighted by Crippen LogP contribution is -2.03. The highest BCUT2D eigenvalue weighted by molar-refractivity contribution is 6.09. The second-order valence-corrected chi connectivity index (χ2v) is 9.22. The molecule has 0 atom stereocenters. The molecule has 0 bridgehead atoms. The molecule has 0 unspecified atom stereocenters. The molecule has 0 heterocycles. The minimum atomic E-state index is -0.0632. The first-order chi connectivity index (χ1) is 20.0. The molecule has 0 fully saturated rings. The smallest absolute Gasteiger partial charge is 0.193 e. The SMILES string of the molecule is C/C=C/c1ccc(OCC)c(OCc2ccc(C(=O)c3ccc(Oc4cc(/C=C/C)ccc4OCC)cc3)cc2)c1. The molecule has 5 heteroatoms. The lowest BCUT2D eigenvalue weighted by atomic mass is 10.0. The van der Waals surface area contributed by atoms with Crippen LogP contribution in [0.3, 0.4) is 0 Å². The summed E-state index contributed by atoms with van der Waals surface area (Å²) in [4.78, 5) is 13.2. The molecule has 0 saturated carbocycles. The van der Waals surface area contributed by atoms with Crippen molar-refractivity contribution in [2.45, 2.75) is 34.3 Å². The van der Waals surface area contributed by atoms with Crippen LogP contribution < -0.4 is 18.9 Å². The highest BCUT2D eigenvalue weighted by Crippen LogP contribution is 2.34. The van der Waals surface area contributed by atoms with Gasteiger partial charge in [-0.1, -0.05) is 60.7 Å². The molecule has 4 rings (SSSR count). The van der Waals surface area contributed by atoms with Crippen molar-refractivity contribution in [3.05, 3.63) is 125 Å². The Bertz CT molecular complexity index is 1500. The monoisotopic (exact) mass is 548 g/mol. The molecular formula is C36H36O5. The normalized spacial score (nSPS) is 11.1. The van der Waals surface area contributed by atoms with Crippen LogP contribution in [0.5, 0.6) is 28.7 Å². The number of ketones is 1. The maximum Gasteiger partial charge on any atom is 0.193 e. The number of allylic oxidation sites excluding steroid dienone is 2. The van der Waals surface area contributed by atoms with E-state index in [0.29, 0.717) is 59.7 Å². The van der Waals surface area contributed by atoms with Crippen molar-refractivity contribution in [1.29, 1.82) is 0 Å². The van der Waals surface area contributed by atoms with Gasteiger partial charge < -0.3 is 18.9 Å². The number of hydrogen-bond acceptors (Lipinski definition) is 5. The third-order valence-electron chi connectivity index (χ3n) is 6.21. The average molecular weight is 549 g/mol. The van der Waals surface area contributed by atoms with Gasteiger partial charge in [-0.05, 0) is 92.9 Å². The Kier molecular flexibility index (Phi) is 10.4. The fourth-order valence-corrected chi connectivity index (χ4v) is 4.27.